The maximum Gasteiger partial charge on any atom is 0.255 e. The molecule has 0 aromatic heterocycles. The number of ether oxygens (including phenoxy) is 1. The van der Waals surface area contributed by atoms with Gasteiger partial charge in [-0.1, -0.05) is 51.1 Å². The molecular weight excluding hydrogens is 302 g/mol. The number of amides is 1. The number of nitrogens with one attached hydrogen (secondary N) is 1. The molecule has 1 amide bonds. The van der Waals surface area contributed by atoms with Gasteiger partial charge < -0.3 is 15.2 Å². The van der Waals surface area contributed by atoms with Gasteiger partial charge in [0.15, 0.2) is 0 Å². The van der Waals surface area contributed by atoms with Crippen LogP contribution in [-0.2, 0) is 0 Å². The first-order valence-electron chi connectivity index (χ1n) is 8.45. The van der Waals surface area contributed by atoms with Crippen LogP contribution in [0.4, 0.5) is 0 Å². The van der Waals surface area contributed by atoms with E-state index in [1.54, 1.807) is 0 Å². The number of aliphatic hydroxyl groups excluding tert-OH is 1. The lowest BCUT2D eigenvalue weighted by molar-refractivity contribution is 0.0551. The molecule has 2 aromatic rings. The van der Waals surface area contributed by atoms with Gasteiger partial charge in [-0.05, 0) is 35.6 Å². The van der Waals surface area contributed by atoms with Gasteiger partial charge in [-0.25, -0.2) is 0 Å². The van der Waals surface area contributed by atoms with Crippen molar-refractivity contribution in [1.29, 1.82) is 0 Å². The van der Waals surface area contributed by atoms with Crippen molar-refractivity contribution in [2.24, 2.45) is 5.41 Å². The first-order valence-corrected chi connectivity index (χ1v) is 8.45. The molecule has 0 fully saturated rings. The molecule has 0 saturated heterocycles. The van der Waals surface area contributed by atoms with E-state index in [1.165, 1.54) is 0 Å². The van der Waals surface area contributed by atoms with Crippen molar-refractivity contribution in [1.82, 2.24) is 5.32 Å². The van der Waals surface area contributed by atoms with E-state index in [-0.39, 0.29) is 11.3 Å². The second kappa shape index (κ2) is 7.67. The van der Waals surface area contributed by atoms with Crippen molar-refractivity contribution in [2.45, 2.75) is 40.2 Å². The first kappa shape index (κ1) is 18.3. The summed E-state index contributed by atoms with van der Waals surface area (Å²) in [6, 6.07) is 11.6. The van der Waals surface area contributed by atoms with E-state index in [1.807, 2.05) is 64.1 Å². The second-order valence-corrected chi connectivity index (χ2v) is 7.02. The van der Waals surface area contributed by atoms with Crippen molar-refractivity contribution in [3.8, 4) is 5.75 Å². The molecule has 2 rings (SSSR count). The lowest BCUT2D eigenvalue weighted by atomic mass is 9.87. The molecule has 4 nitrogen and oxygen atoms in total. The molecule has 0 aliphatic carbocycles. The normalized spacial score (nSPS) is 12.9. The molecule has 1 atom stereocenters. The minimum Gasteiger partial charge on any atom is -0.493 e. The van der Waals surface area contributed by atoms with Gasteiger partial charge in [-0.2, -0.15) is 0 Å². The van der Waals surface area contributed by atoms with Gasteiger partial charge in [0.2, 0.25) is 0 Å². The van der Waals surface area contributed by atoms with Crippen molar-refractivity contribution >= 4 is 16.7 Å². The first-order chi connectivity index (χ1) is 11.3. The number of rotatable bonds is 6. The molecule has 0 aliphatic rings. The fourth-order valence-corrected chi connectivity index (χ4v) is 2.61. The standard InChI is InChI=1S/C20H27NO3/c1-5-24-16-11-10-14-8-6-7-9-15(14)18(16)19(23)21-13-12-17(22)20(2,3)4/h6-11,17,22H,5,12-13H2,1-4H3,(H,21,23)/t17-/m1/s1. The largest absolute Gasteiger partial charge is 0.493 e. The molecule has 0 saturated carbocycles. The highest BCUT2D eigenvalue weighted by atomic mass is 16.5. The van der Waals surface area contributed by atoms with Crippen molar-refractivity contribution in [3.63, 3.8) is 0 Å². The number of aliphatic hydroxyl groups is 1. The Bertz CT molecular complexity index is 704. The van der Waals surface area contributed by atoms with Crippen LogP contribution in [0.2, 0.25) is 0 Å². The summed E-state index contributed by atoms with van der Waals surface area (Å²) >= 11 is 0. The summed E-state index contributed by atoms with van der Waals surface area (Å²) in [4.78, 5) is 12.7. The third-order valence-corrected chi connectivity index (χ3v) is 4.12. The predicted octanol–water partition coefficient (Wildman–Crippen LogP) is 3.77. The quantitative estimate of drug-likeness (QED) is 0.848. The van der Waals surface area contributed by atoms with Crippen LogP contribution in [0.1, 0.15) is 44.5 Å². The van der Waals surface area contributed by atoms with E-state index in [4.69, 9.17) is 4.74 Å². The summed E-state index contributed by atoms with van der Waals surface area (Å²) in [5.74, 6) is 0.418. The van der Waals surface area contributed by atoms with Crippen LogP contribution in [0.5, 0.6) is 5.75 Å². The molecule has 0 unspecified atom stereocenters. The number of carbonyl (C=O) groups is 1. The maximum absolute atomic E-state index is 12.7. The Morgan fingerprint density at radius 2 is 1.92 bits per heavy atom. The molecule has 0 radical (unpaired) electrons. The lowest BCUT2D eigenvalue weighted by Gasteiger charge is -2.25. The van der Waals surface area contributed by atoms with Crippen LogP contribution in [0, 0.1) is 5.41 Å². The topological polar surface area (TPSA) is 58.6 Å². The van der Waals surface area contributed by atoms with Gasteiger partial charge in [0, 0.05) is 6.54 Å². The van der Waals surface area contributed by atoms with Crippen LogP contribution >= 0.6 is 0 Å². The molecule has 0 heterocycles. The summed E-state index contributed by atoms with van der Waals surface area (Å²) in [6.07, 6.45) is 0.0564. The number of carbonyl (C=O) groups excluding carboxylic acids is 1. The minimum absolute atomic E-state index is 0.170. The summed E-state index contributed by atoms with van der Waals surface area (Å²) in [5.41, 5.74) is 0.362. The van der Waals surface area contributed by atoms with Gasteiger partial charge in [-0.15, -0.1) is 0 Å². The molecule has 0 spiro atoms. The van der Waals surface area contributed by atoms with Crippen molar-refractivity contribution in [3.05, 3.63) is 42.0 Å². The van der Waals surface area contributed by atoms with Crippen molar-refractivity contribution < 1.29 is 14.6 Å². The van der Waals surface area contributed by atoms with E-state index >= 15 is 0 Å². The Balaban J connectivity index is 2.20. The molecule has 130 valence electrons. The molecular formula is C20H27NO3. The third-order valence-electron chi connectivity index (χ3n) is 4.12. The maximum atomic E-state index is 12.7. The van der Waals surface area contributed by atoms with Crippen LogP contribution in [0.3, 0.4) is 0 Å². The van der Waals surface area contributed by atoms with Crippen LogP contribution in [0.15, 0.2) is 36.4 Å². The smallest absolute Gasteiger partial charge is 0.255 e. The van der Waals surface area contributed by atoms with Gasteiger partial charge in [0.25, 0.3) is 5.91 Å². The highest BCUT2D eigenvalue weighted by Crippen LogP contribution is 2.28. The van der Waals surface area contributed by atoms with Crippen LogP contribution in [0.25, 0.3) is 10.8 Å². The fourth-order valence-electron chi connectivity index (χ4n) is 2.61. The molecule has 0 aliphatic heterocycles. The third kappa shape index (κ3) is 4.26. The average molecular weight is 329 g/mol. The Hall–Kier alpha value is -2.07. The van der Waals surface area contributed by atoms with E-state index in [2.05, 4.69) is 5.32 Å². The van der Waals surface area contributed by atoms with E-state index in [0.29, 0.717) is 30.9 Å². The zero-order chi connectivity index (χ0) is 17.7. The SMILES string of the molecule is CCOc1ccc2ccccc2c1C(=O)NCC[C@@H](O)C(C)(C)C. The van der Waals surface area contributed by atoms with E-state index < -0.39 is 6.10 Å². The zero-order valence-corrected chi connectivity index (χ0v) is 14.9. The van der Waals surface area contributed by atoms with E-state index in [0.717, 1.165) is 10.8 Å². The number of fused-ring (bicyclic) bond motifs is 1. The number of hydrogen-bond donors (Lipinski definition) is 2. The van der Waals surface area contributed by atoms with Crippen molar-refractivity contribution in [2.75, 3.05) is 13.2 Å². The summed E-state index contributed by atoms with van der Waals surface area (Å²) in [7, 11) is 0. The van der Waals surface area contributed by atoms with Gasteiger partial charge >= 0.3 is 0 Å². The monoisotopic (exact) mass is 329 g/mol. The summed E-state index contributed by atoms with van der Waals surface area (Å²) < 4.78 is 5.64. The van der Waals surface area contributed by atoms with Gasteiger partial charge in [-0.3, -0.25) is 4.79 Å². The molecule has 24 heavy (non-hydrogen) atoms. The van der Waals surface area contributed by atoms with Crippen LogP contribution in [-0.4, -0.2) is 30.3 Å². The Kier molecular flexibility index (Phi) is 5.84. The number of benzene rings is 2. The lowest BCUT2D eigenvalue weighted by Crippen LogP contribution is -2.32. The summed E-state index contributed by atoms with van der Waals surface area (Å²) in [5, 5.41) is 14.9. The highest BCUT2D eigenvalue weighted by Gasteiger charge is 2.22. The fraction of sp³-hybridized carbons (Fsp3) is 0.450. The highest BCUT2D eigenvalue weighted by molar-refractivity contribution is 6.09. The summed E-state index contributed by atoms with van der Waals surface area (Å²) in [6.45, 7) is 8.77. The Labute approximate surface area is 143 Å². The number of hydrogen-bond acceptors (Lipinski definition) is 3. The molecule has 2 aromatic carbocycles. The predicted molar refractivity (Wildman–Crippen MR) is 97.5 cm³/mol. The average Bonchev–Trinajstić information content (AvgIpc) is 2.53. The molecule has 2 N–H and O–H groups in total. The minimum atomic E-state index is -0.461. The Morgan fingerprint density at radius 1 is 1.21 bits per heavy atom. The zero-order valence-electron chi connectivity index (χ0n) is 14.9. The molecule has 0 bridgehead atoms. The Morgan fingerprint density at radius 3 is 2.58 bits per heavy atom. The van der Waals surface area contributed by atoms with E-state index in [9.17, 15) is 9.90 Å². The van der Waals surface area contributed by atoms with Gasteiger partial charge in [0.05, 0.1) is 18.3 Å². The molecule has 4 heteroatoms. The second-order valence-electron chi connectivity index (χ2n) is 7.02. The van der Waals surface area contributed by atoms with Crippen LogP contribution < -0.4 is 10.1 Å². The van der Waals surface area contributed by atoms with Gasteiger partial charge in [0.1, 0.15) is 5.75 Å².